The van der Waals surface area contributed by atoms with Gasteiger partial charge in [0.15, 0.2) is 0 Å². The number of ether oxygens (including phenoxy) is 1. The summed E-state index contributed by atoms with van der Waals surface area (Å²) in [6, 6.07) is 30.9. The van der Waals surface area contributed by atoms with Gasteiger partial charge >= 0.3 is 0 Å². The Morgan fingerprint density at radius 2 is 1.50 bits per heavy atom. The van der Waals surface area contributed by atoms with Crippen molar-refractivity contribution in [2.45, 2.75) is 0 Å². The molecule has 6 heteroatoms. The summed E-state index contributed by atoms with van der Waals surface area (Å²) in [4.78, 5) is 13.5. The van der Waals surface area contributed by atoms with E-state index in [-0.39, 0.29) is 0 Å². The lowest BCUT2D eigenvalue weighted by atomic mass is 10.2. The molecule has 36 heavy (non-hydrogen) atoms. The van der Waals surface area contributed by atoms with Crippen molar-refractivity contribution in [2.24, 2.45) is 0 Å². The van der Waals surface area contributed by atoms with Crippen LogP contribution >= 0.6 is 0 Å². The number of para-hydroxylation sites is 1. The first-order chi connectivity index (χ1) is 17.8. The maximum absolute atomic E-state index is 6.37. The molecule has 1 aliphatic rings. The average Bonchev–Trinajstić information content (AvgIpc) is 3.44. The van der Waals surface area contributed by atoms with Crippen molar-refractivity contribution in [1.29, 1.82) is 0 Å². The Kier molecular flexibility index (Phi) is 4.64. The van der Waals surface area contributed by atoms with Crippen molar-refractivity contribution < 1.29 is 4.74 Å². The molecular weight excluding hydrogens is 446 g/mol. The molecule has 1 aliphatic heterocycles. The Morgan fingerprint density at radius 1 is 0.722 bits per heavy atom. The summed E-state index contributed by atoms with van der Waals surface area (Å²) < 4.78 is 8.56. The number of rotatable bonds is 4. The van der Waals surface area contributed by atoms with Crippen molar-refractivity contribution in [1.82, 2.24) is 14.5 Å². The van der Waals surface area contributed by atoms with E-state index in [2.05, 4.69) is 81.0 Å². The third-order valence-corrected chi connectivity index (χ3v) is 6.71. The molecule has 0 spiro atoms. The van der Waals surface area contributed by atoms with E-state index in [1.54, 1.807) is 0 Å². The molecule has 0 saturated carbocycles. The summed E-state index contributed by atoms with van der Waals surface area (Å²) in [6.07, 6.45) is 5.58. The quantitative estimate of drug-likeness (QED) is 0.281. The van der Waals surface area contributed by atoms with E-state index in [1.165, 1.54) is 11.1 Å². The van der Waals surface area contributed by atoms with E-state index in [1.807, 2.05) is 55.0 Å². The summed E-state index contributed by atoms with van der Waals surface area (Å²) in [6.45, 7) is 0.765. The second-order valence-corrected chi connectivity index (χ2v) is 8.96. The van der Waals surface area contributed by atoms with Crippen LogP contribution in [-0.4, -0.2) is 28.3 Å². The monoisotopic (exact) mass is 469 g/mol. The predicted octanol–water partition coefficient (Wildman–Crippen LogP) is 6.91. The summed E-state index contributed by atoms with van der Waals surface area (Å²) in [5.41, 5.74) is 6.39. The molecule has 4 heterocycles. The van der Waals surface area contributed by atoms with Crippen molar-refractivity contribution in [2.75, 3.05) is 23.5 Å². The minimum atomic E-state index is 0.765. The van der Waals surface area contributed by atoms with E-state index < -0.39 is 0 Å². The van der Waals surface area contributed by atoms with Gasteiger partial charge in [-0.2, -0.15) is 0 Å². The second-order valence-electron chi connectivity index (χ2n) is 8.96. The van der Waals surface area contributed by atoms with Gasteiger partial charge in [-0.25, -0.2) is 4.98 Å². The largest absolute Gasteiger partial charge is 0.457 e. The molecule has 0 saturated heterocycles. The molecule has 0 N–H and O–H groups in total. The highest BCUT2D eigenvalue weighted by molar-refractivity contribution is 6.07. The van der Waals surface area contributed by atoms with Gasteiger partial charge in [-0.3, -0.25) is 9.55 Å². The van der Waals surface area contributed by atoms with E-state index >= 15 is 0 Å². The zero-order valence-electron chi connectivity index (χ0n) is 19.7. The number of pyridine rings is 2. The molecule has 0 unspecified atom stereocenters. The molecule has 7 rings (SSSR count). The normalized spacial score (nSPS) is 12.9. The van der Waals surface area contributed by atoms with Gasteiger partial charge in [0, 0.05) is 48.0 Å². The van der Waals surface area contributed by atoms with Crippen LogP contribution in [0, 0.1) is 0 Å². The van der Waals surface area contributed by atoms with Gasteiger partial charge in [0.2, 0.25) is 0 Å². The standard InChI is InChI=1S/C30H23N5O/c1-33-20-34(29-19-31-16-14-28(29)33)21-7-4-9-23(17-21)36-24-10-5-8-22(18-24)35-27-13-3-2-11-25(27)26-12-6-15-32-30(26)35/h2-19H,20H2,1H3. The van der Waals surface area contributed by atoms with E-state index in [4.69, 9.17) is 9.72 Å². The summed E-state index contributed by atoms with van der Waals surface area (Å²) >= 11 is 0. The van der Waals surface area contributed by atoms with E-state index in [0.717, 1.165) is 51.8 Å². The Labute approximate surface area is 208 Å². The summed E-state index contributed by atoms with van der Waals surface area (Å²) in [7, 11) is 2.09. The van der Waals surface area contributed by atoms with Gasteiger partial charge in [0.25, 0.3) is 0 Å². The topological polar surface area (TPSA) is 46.4 Å². The number of hydrogen-bond acceptors (Lipinski definition) is 5. The van der Waals surface area contributed by atoms with E-state index in [0.29, 0.717) is 0 Å². The first kappa shape index (κ1) is 20.5. The zero-order chi connectivity index (χ0) is 24.1. The zero-order valence-corrected chi connectivity index (χ0v) is 19.7. The first-order valence-corrected chi connectivity index (χ1v) is 11.9. The van der Waals surface area contributed by atoms with Crippen molar-refractivity contribution >= 4 is 39.0 Å². The molecule has 3 aromatic carbocycles. The van der Waals surface area contributed by atoms with Gasteiger partial charge in [-0.15, -0.1) is 0 Å². The Hall–Kier alpha value is -4.84. The number of anilines is 3. The van der Waals surface area contributed by atoms with Crippen LogP contribution in [-0.2, 0) is 0 Å². The Balaban J connectivity index is 1.25. The fraction of sp³-hybridized carbons (Fsp3) is 0.0667. The van der Waals surface area contributed by atoms with Crippen molar-refractivity contribution in [3.63, 3.8) is 0 Å². The molecule has 0 atom stereocenters. The van der Waals surface area contributed by atoms with Crippen LogP contribution in [0.15, 0.2) is 110 Å². The van der Waals surface area contributed by atoms with Gasteiger partial charge in [-0.1, -0.05) is 30.3 Å². The smallest absolute Gasteiger partial charge is 0.145 e. The molecule has 0 bridgehead atoms. The molecule has 174 valence electrons. The van der Waals surface area contributed by atoms with Gasteiger partial charge in [0.05, 0.1) is 35.4 Å². The fourth-order valence-corrected chi connectivity index (χ4v) is 5.09. The van der Waals surface area contributed by atoms with Crippen LogP contribution in [0.25, 0.3) is 27.6 Å². The van der Waals surface area contributed by atoms with Crippen LogP contribution in [0.1, 0.15) is 0 Å². The number of aromatic nitrogens is 3. The second kappa shape index (κ2) is 8.13. The minimum absolute atomic E-state index is 0.765. The lowest BCUT2D eigenvalue weighted by molar-refractivity contribution is 0.482. The van der Waals surface area contributed by atoms with Crippen LogP contribution in [0.5, 0.6) is 11.5 Å². The minimum Gasteiger partial charge on any atom is -0.457 e. The van der Waals surface area contributed by atoms with Crippen molar-refractivity contribution in [3.8, 4) is 17.2 Å². The Morgan fingerprint density at radius 3 is 2.39 bits per heavy atom. The highest BCUT2D eigenvalue weighted by Gasteiger charge is 2.24. The third-order valence-electron chi connectivity index (χ3n) is 6.71. The lowest BCUT2D eigenvalue weighted by Crippen LogP contribution is -2.23. The molecule has 0 radical (unpaired) electrons. The lowest BCUT2D eigenvalue weighted by Gasteiger charge is -2.20. The molecule has 0 fully saturated rings. The molecule has 6 aromatic rings. The highest BCUT2D eigenvalue weighted by Crippen LogP contribution is 2.40. The number of fused-ring (bicyclic) bond motifs is 4. The number of nitrogens with zero attached hydrogens (tertiary/aromatic N) is 5. The SMILES string of the molecule is CN1CN(c2cccc(Oc3cccc(-n4c5ccccc5c5cccnc54)c3)c2)c2cnccc21. The van der Waals surface area contributed by atoms with E-state index in [9.17, 15) is 0 Å². The molecule has 3 aromatic heterocycles. The maximum atomic E-state index is 6.37. The number of hydrogen-bond donors (Lipinski definition) is 0. The van der Waals surface area contributed by atoms with Crippen LogP contribution in [0.2, 0.25) is 0 Å². The molecule has 0 aliphatic carbocycles. The molecule has 0 amide bonds. The third kappa shape index (κ3) is 3.26. The van der Waals surface area contributed by atoms with Gasteiger partial charge in [-0.05, 0) is 48.5 Å². The predicted molar refractivity (Wildman–Crippen MR) is 145 cm³/mol. The van der Waals surface area contributed by atoms with Crippen LogP contribution < -0.4 is 14.5 Å². The molecular formula is C30H23N5O. The Bertz CT molecular complexity index is 1690. The average molecular weight is 470 g/mol. The van der Waals surface area contributed by atoms with Gasteiger partial charge < -0.3 is 14.5 Å². The van der Waals surface area contributed by atoms with Gasteiger partial charge in [0.1, 0.15) is 17.1 Å². The maximum Gasteiger partial charge on any atom is 0.145 e. The van der Waals surface area contributed by atoms with Crippen LogP contribution in [0.3, 0.4) is 0 Å². The summed E-state index contributed by atoms with van der Waals surface area (Å²) in [5.74, 6) is 1.55. The highest BCUT2D eigenvalue weighted by atomic mass is 16.5. The molecule has 6 nitrogen and oxygen atoms in total. The van der Waals surface area contributed by atoms with Crippen LogP contribution in [0.4, 0.5) is 17.1 Å². The van der Waals surface area contributed by atoms with Crippen molar-refractivity contribution in [3.05, 3.63) is 110 Å². The summed E-state index contributed by atoms with van der Waals surface area (Å²) in [5, 5.41) is 2.32. The fourth-order valence-electron chi connectivity index (χ4n) is 5.09. The first-order valence-electron chi connectivity index (χ1n) is 11.9. The number of benzene rings is 3.